The van der Waals surface area contributed by atoms with Gasteiger partial charge in [-0.2, -0.15) is 0 Å². The van der Waals surface area contributed by atoms with E-state index in [-0.39, 0.29) is 5.91 Å². The lowest BCUT2D eigenvalue weighted by molar-refractivity contribution is -0.127. The second-order valence-electron chi connectivity index (χ2n) is 4.06. The minimum atomic E-state index is 0.265. The number of likely N-dealkylation sites (tertiary alicyclic amines) is 1. The highest BCUT2D eigenvalue weighted by atomic mass is 79.9. The molecule has 16 heavy (non-hydrogen) atoms. The first-order valence-corrected chi connectivity index (χ1v) is 6.49. The van der Waals surface area contributed by atoms with Crippen LogP contribution in [0.25, 0.3) is 0 Å². The topological polar surface area (TPSA) is 46.1 Å². The van der Waals surface area contributed by atoms with Crippen molar-refractivity contribution in [3.8, 4) is 0 Å². The molecule has 0 aromatic carbocycles. The van der Waals surface area contributed by atoms with Gasteiger partial charge in [-0.3, -0.25) is 4.79 Å². The summed E-state index contributed by atoms with van der Waals surface area (Å²) in [7, 11) is 0. The lowest BCUT2D eigenvalue weighted by atomic mass is 10.2. The fraction of sp³-hybridized carbons (Fsp3) is 0.545. The van der Waals surface area contributed by atoms with Crippen molar-refractivity contribution in [2.75, 3.05) is 18.4 Å². The first kappa shape index (κ1) is 11.5. The molecule has 2 rings (SSSR count). The molecule has 1 atom stereocenters. The number of carbonyl (C=O) groups is 1. The molecule has 0 aliphatic carbocycles. The van der Waals surface area contributed by atoms with Gasteiger partial charge in [0.15, 0.2) is 0 Å². The molecular formula is C11H14BrN3O. The van der Waals surface area contributed by atoms with E-state index in [2.05, 4.69) is 25.9 Å². The second kappa shape index (κ2) is 5.39. The molecule has 0 saturated carbocycles. The van der Waals surface area contributed by atoms with Gasteiger partial charge in [0.05, 0.1) is 0 Å². The number of hydrogen-bond donors (Lipinski definition) is 0. The highest BCUT2D eigenvalue weighted by molar-refractivity contribution is 9.09. The van der Waals surface area contributed by atoms with Crippen LogP contribution in [0.15, 0.2) is 18.7 Å². The Balaban J connectivity index is 1.85. The molecule has 1 aromatic rings. The van der Waals surface area contributed by atoms with Gasteiger partial charge in [0.25, 0.3) is 0 Å². The minimum Gasteiger partial charge on any atom is -0.342 e. The Labute approximate surface area is 103 Å². The quantitative estimate of drug-likeness (QED) is 0.782. The predicted molar refractivity (Wildman–Crippen MR) is 64.2 cm³/mol. The lowest BCUT2D eigenvalue weighted by Crippen LogP contribution is -2.27. The molecule has 1 unspecified atom stereocenters. The molecule has 1 aromatic heterocycles. The van der Waals surface area contributed by atoms with Crippen LogP contribution in [-0.4, -0.2) is 39.2 Å². The van der Waals surface area contributed by atoms with Crippen LogP contribution in [0.2, 0.25) is 0 Å². The van der Waals surface area contributed by atoms with Crippen LogP contribution < -0.4 is 0 Å². The lowest BCUT2D eigenvalue weighted by Gasteiger charge is -2.15. The van der Waals surface area contributed by atoms with E-state index < -0.39 is 0 Å². The summed E-state index contributed by atoms with van der Waals surface area (Å²) in [6.45, 7) is 1.65. The van der Waals surface area contributed by atoms with Crippen molar-refractivity contribution >= 4 is 21.8 Å². The molecule has 1 aliphatic rings. The number of aromatic nitrogens is 2. The standard InChI is InChI=1S/C11H14BrN3O/c12-4-10-3-11(16)15(7-10)2-1-9-5-13-8-14-6-9/h5-6,8,10H,1-4,7H2. The molecule has 4 nitrogen and oxygen atoms in total. The average molecular weight is 284 g/mol. The van der Waals surface area contributed by atoms with Gasteiger partial charge in [0, 0.05) is 37.2 Å². The molecule has 0 spiro atoms. The summed E-state index contributed by atoms with van der Waals surface area (Å²) in [5, 5.41) is 0.906. The average Bonchev–Trinajstić information content (AvgIpc) is 2.69. The Morgan fingerprint density at radius 3 is 2.81 bits per heavy atom. The third kappa shape index (κ3) is 2.78. The summed E-state index contributed by atoms with van der Waals surface area (Å²) in [5.41, 5.74) is 1.08. The number of amides is 1. The van der Waals surface area contributed by atoms with E-state index in [9.17, 15) is 4.79 Å². The summed E-state index contributed by atoms with van der Waals surface area (Å²) in [6.07, 6.45) is 6.63. The summed E-state index contributed by atoms with van der Waals surface area (Å²) in [4.78, 5) is 21.5. The van der Waals surface area contributed by atoms with E-state index in [1.807, 2.05) is 4.90 Å². The van der Waals surface area contributed by atoms with Gasteiger partial charge in [0.2, 0.25) is 5.91 Å². The molecule has 0 radical (unpaired) electrons. The van der Waals surface area contributed by atoms with Crippen molar-refractivity contribution in [3.05, 3.63) is 24.3 Å². The Morgan fingerprint density at radius 1 is 1.44 bits per heavy atom. The normalized spacial score (nSPS) is 20.4. The SMILES string of the molecule is O=C1CC(CBr)CN1CCc1cncnc1. The predicted octanol–water partition coefficient (Wildman–Crippen LogP) is 1.26. The number of alkyl halides is 1. The molecule has 5 heteroatoms. The van der Waals surface area contributed by atoms with Crippen LogP contribution in [-0.2, 0) is 11.2 Å². The Morgan fingerprint density at radius 2 is 2.19 bits per heavy atom. The third-order valence-corrected chi connectivity index (χ3v) is 3.71. The smallest absolute Gasteiger partial charge is 0.222 e. The second-order valence-corrected chi connectivity index (χ2v) is 4.71. The Kier molecular flexibility index (Phi) is 3.88. The summed E-state index contributed by atoms with van der Waals surface area (Å²) >= 11 is 3.43. The number of rotatable bonds is 4. The first-order chi connectivity index (χ1) is 7.79. The van der Waals surface area contributed by atoms with Crippen molar-refractivity contribution in [1.29, 1.82) is 0 Å². The van der Waals surface area contributed by atoms with Gasteiger partial charge < -0.3 is 4.90 Å². The zero-order chi connectivity index (χ0) is 11.4. The van der Waals surface area contributed by atoms with Crippen LogP contribution in [0.1, 0.15) is 12.0 Å². The van der Waals surface area contributed by atoms with Crippen molar-refractivity contribution in [2.24, 2.45) is 5.92 Å². The number of halogens is 1. The van der Waals surface area contributed by atoms with Gasteiger partial charge >= 0.3 is 0 Å². The Bertz CT molecular complexity index is 358. The minimum absolute atomic E-state index is 0.265. The fourth-order valence-electron chi connectivity index (χ4n) is 1.90. The van der Waals surface area contributed by atoms with Gasteiger partial charge in [-0.1, -0.05) is 15.9 Å². The van der Waals surface area contributed by atoms with Gasteiger partial charge in [0.1, 0.15) is 6.33 Å². The first-order valence-electron chi connectivity index (χ1n) is 5.37. The maximum absolute atomic E-state index is 11.6. The number of hydrogen-bond acceptors (Lipinski definition) is 3. The van der Waals surface area contributed by atoms with Crippen molar-refractivity contribution < 1.29 is 4.79 Å². The molecule has 86 valence electrons. The van der Waals surface area contributed by atoms with Gasteiger partial charge in [-0.05, 0) is 17.9 Å². The van der Waals surface area contributed by atoms with E-state index in [0.29, 0.717) is 12.3 Å². The molecule has 0 N–H and O–H groups in total. The molecule has 1 fully saturated rings. The largest absolute Gasteiger partial charge is 0.342 e. The fourth-order valence-corrected chi connectivity index (χ4v) is 2.33. The van der Waals surface area contributed by atoms with E-state index in [1.165, 1.54) is 6.33 Å². The maximum Gasteiger partial charge on any atom is 0.222 e. The van der Waals surface area contributed by atoms with E-state index in [1.54, 1.807) is 12.4 Å². The van der Waals surface area contributed by atoms with E-state index in [4.69, 9.17) is 0 Å². The van der Waals surface area contributed by atoms with Crippen LogP contribution in [0.5, 0.6) is 0 Å². The van der Waals surface area contributed by atoms with E-state index >= 15 is 0 Å². The van der Waals surface area contributed by atoms with Crippen LogP contribution >= 0.6 is 15.9 Å². The summed E-state index contributed by atoms with van der Waals surface area (Å²) < 4.78 is 0. The molecular weight excluding hydrogens is 270 g/mol. The number of nitrogens with zero attached hydrogens (tertiary/aromatic N) is 3. The zero-order valence-electron chi connectivity index (χ0n) is 8.97. The van der Waals surface area contributed by atoms with Crippen molar-refractivity contribution in [3.63, 3.8) is 0 Å². The third-order valence-electron chi connectivity index (χ3n) is 2.80. The van der Waals surface area contributed by atoms with Crippen LogP contribution in [0.3, 0.4) is 0 Å². The monoisotopic (exact) mass is 283 g/mol. The van der Waals surface area contributed by atoms with Crippen molar-refractivity contribution in [2.45, 2.75) is 12.8 Å². The molecule has 1 saturated heterocycles. The Hall–Kier alpha value is -0.970. The summed E-state index contributed by atoms with van der Waals surface area (Å²) in [6, 6.07) is 0. The number of carbonyl (C=O) groups excluding carboxylic acids is 1. The zero-order valence-corrected chi connectivity index (χ0v) is 10.6. The molecule has 1 amide bonds. The van der Waals surface area contributed by atoms with Gasteiger partial charge in [-0.25, -0.2) is 9.97 Å². The van der Waals surface area contributed by atoms with Gasteiger partial charge in [-0.15, -0.1) is 0 Å². The summed E-state index contributed by atoms with van der Waals surface area (Å²) in [5.74, 6) is 0.737. The van der Waals surface area contributed by atoms with Crippen LogP contribution in [0, 0.1) is 5.92 Å². The molecule has 0 bridgehead atoms. The molecule has 1 aliphatic heterocycles. The van der Waals surface area contributed by atoms with Crippen LogP contribution in [0.4, 0.5) is 0 Å². The highest BCUT2D eigenvalue weighted by Crippen LogP contribution is 2.19. The maximum atomic E-state index is 11.6. The molecule has 2 heterocycles. The highest BCUT2D eigenvalue weighted by Gasteiger charge is 2.28. The van der Waals surface area contributed by atoms with E-state index in [0.717, 1.165) is 30.4 Å². The van der Waals surface area contributed by atoms with Crippen molar-refractivity contribution in [1.82, 2.24) is 14.9 Å².